The van der Waals surface area contributed by atoms with Gasteiger partial charge in [0.1, 0.15) is 17.6 Å². The first-order chi connectivity index (χ1) is 14.5. The predicted molar refractivity (Wildman–Crippen MR) is 106 cm³/mol. The minimum absolute atomic E-state index is 0.00147. The Labute approximate surface area is 172 Å². The lowest BCUT2D eigenvalue weighted by Gasteiger charge is -2.38. The molecule has 0 radical (unpaired) electrons. The molecule has 1 unspecified atom stereocenters. The smallest absolute Gasteiger partial charge is 0.245 e. The molecule has 0 spiro atoms. The average Bonchev–Trinajstić information content (AvgIpc) is 3.37. The van der Waals surface area contributed by atoms with Gasteiger partial charge in [0.25, 0.3) is 0 Å². The molecule has 2 bridgehead atoms. The van der Waals surface area contributed by atoms with Crippen LogP contribution in [-0.4, -0.2) is 71.8 Å². The van der Waals surface area contributed by atoms with Crippen molar-refractivity contribution in [3.63, 3.8) is 0 Å². The van der Waals surface area contributed by atoms with Crippen LogP contribution in [0.3, 0.4) is 0 Å². The Hall–Kier alpha value is -3.21. The number of phenols is 1. The zero-order valence-corrected chi connectivity index (χ0v) is 16.6. The summed E-state index contributed by atoms with van der Waals surface area (Å²) in [5.41, 5.74) is 1.47. The maximum Gasteiger partial charge on any atom is 0.245 e. The summed E-state index contributed by atoms with van der Waals surface area (Å²) >= 11 is 0. The third-order valence-corrected chi connectivity index (χ3v) is 5.92. The van der Waals surface area contributed by atoms with Crippen molar-refractivity contribution in [2.45, 2.75) is 50.5 Å². The SMILES string of the molecule is Cc1nnn(-c2ccc(-c3cnc(N(C)[C@@H]4CC5CC[C@H](N5)[C@H]4F)nn3)c(O)c2)n1. The van der Waals surface area contributed by atoms with Gasteiger partial charge in [-0.3, -0.25) is 0 Å². The molecule has 11 heteroatoms. The molecule has 2 fully saturated rings. The van der Waals surface area contributed by atoms with E-state index in [9.17, 15) is 9.50 Å². The number of anilines is 1. The van der Waals surface area contributed by atoms with Crippen LogP contribution in [0.15, 0.2) is 24.4 Å². The largest absolute Gasteiger partial charge is 0.507 e. The van der Waals surface area contributed by atoms with Crippen LogP contribution in [0.1, 0.15) is 25.1 Å². The molecule has 2 N–H and O–H groups in total. The molecule has 3 aromatic rings. The van der Waals surface area contributed by atoms with Crippen LogP contribution in [0.2, 0.25) is 0 Å². The third kappa shape index (κ3) is 3.24. The van der Waals surface area contributed by atoms with Gasteiger partial charge in [-0.2, -0.15) is 0 Å². The van der Waals surface area contributed by atoms with Crippen molar-refractivity contribution >= 4 is 5.95 Å². The van der Waals surface area contributed by atoms with Gasteiger partial charge in [0.05, 0.1) is 17.9 Å². The number of benzene rings is 1. The van der Waals surface area contributed by atoms with Gasteiger partial charge in [-0.15, -0.1) is 25.2 Å². The van der Waals surface area contributed by atoms with E-state index in [1.54, 1.807) is 31.0 Å². The highest BCUT2D eigenvalue weighted by Crippen LogP contribution is 2.33. The first-order valence-corrected chi connectivity index (χ1v) is 9.92. The summed E-state index contributed by atoms with van der Waals surface area (Å²) < 4.78 is 14.8. The van der Waals surface area contributed by atoms with E-state index in [0.717, 1.165) is 19.3 Å². The number of halogens is 1. The summed E-state index contributed by atoms with van der Waals surface area (Å²) in [5.74, 6) is 0.898. The topological polar surface area (TPSA) is 118 Å². The molecule has 10 nitrogen and oxygen atoms in total. The number of alkyl halides is 1. The van der Waals surface area contributed by atoms with E-state index >= 15 is 0 Å². The number of piperidine rings is 1. The quantitative estimate of drug-likeness (QED) is 0.653. The van der Waals surface area contributed by atoms with Crippen LogP contribution in [0.4, 0.5) is 10.3 Å². The molecule has 2 saturated heterocycles. The molecular weight excluding hydrogens is 389 g/mol. The molecule has 1 aromatic carbocycles. The van der Waals surface area contributed by atoms with E-state index in [2.05, 4.69) is 35.9 Å². The van der Waals surface area contributed by atoms with E-state index < -0.39 is 6.17 Å². The number of nitrogens with zero attached hydrogens (tertiary/aromatic N) is 8. The molecular formula is C19H22FN9O. The molecule has 5 rings (SSSR count). The highest BCUT2D eigenvalue weighted by atomic mass is 19.1. The lowest BCUT2D eigenvalue weighted by molar-refractivity contribution is 0.175. The second kappa shape index (κ2) is 7.24. The van der Waals surface area contributed by atoms with E-state index in [1.165, 1.54) is 17.1 Å². The van der Waals surface area contributed by atoms with Crippen molar-refractivity contribution in [1.29, 1.82) is 0 Å². The minimum atomic E-state index is -0.970. The second-order valence-electron chi connectivity index (χ2n) is 7.88. The lowest BCUT2D eigenvalue weighted by atomic mass is 9.97. The summed E-state index contributed by atoms with van der Waals surface area (Å²) in [4.78, 5) is 7.48. The van der Waals surface area contributed by atoms with E-state index in [4.69, 9.17) is 0 Å². The van der Waals surface area contributed by atoms with Gasteiger partial charge in [-0.25, -0.2) is 9.37 Å². The van der Waals surface area contributed by atoms with Gasteiger partial charge >= 0.3 is 0 Å². The Bertz CT molecular complexity index is 1060. The first kappa shape index (κ1) is 18.8. The molecule has 30 heavy (non-hydrogen) atoms. The number of fused-ring (bicyclic) bond motifs is 2. The Morgan fingerprint density at radius 1 is 1.23 bits per heavy atom. The molecule has 0 aliphatic carbocycles. The fraction of sp³-hybridized carbons (Fsp3) is 0.474. The maximum atomic E-state index is 14.8. The molecule has 0 saturated carbocycles. The molecule has 4 heterocycles. The monoisotopic (exact) mass is 411 g/mol. The first-order valence-electron chi connectivity index (χ1n) is 9.92. The average molecular weight is 411 g/mol. The molecule has 0 amide bonds. The van der Waals surface area contributed by atoms with Crippen molar-refractivity contribution < 1.29 is 9.50 Å². The standard InChI is InChI=1S/C19H22FN9O/c1-10-23-27-29(26-10)12-4-5-13(17(30)8-12)15-9-21-19(25-24-15)28(2)16-7-11-3-6-14(22-11)18(16)20/h4-5,8-9,11,14,16,18,22,30H,3,6-7H2,1-2H3/t11?,14-,16+,18+/m0/s1. The molecule has 2 aliphatic rings. The molecule has 156 valence electrons. The predicted octanol–water partition coefficient (Wildman–Crippen LogP) is 1.20. The number of aromatic hydroxyl groups is 1. The van der Waals surface area contributed by atoms with Crippen LogP contribution < -0.4 is 10.2 Å². The number of tetrazole rings is 1. The van der Waals surface area contributed by atoms with Gasteiger partial charge in [0.15, 0.2) is 5.82 Å². The van der Waals surface area contributed by atoms with Crippen molar-refractivity contribution in [2.75, 3.05) is 11.9 Å². The number of hydrogen-bond donors (Lipinski definition) is 2. The number of nitrogens with one attached hydrogen (secondary N) is 1. The molecule has 2 aliphatic heterocycles. The van der Waals surface area contributed by atoms with E-state index in [0.29, 0.717) is 34.8 Å². The zero-order valence-electron chi connectivity index (χ0n) is 16.6. The van der Waals surface area contributed by atoms with Crippen molar-refractivity contribution in [1.82, 2.24) is 40.7 Å². The lowest BCUT2D eigenvalue weighted by Crippen LogP contribution is -2.55. The maximum absolute atomic E-state index is 14.8. The Balaban J connectivity index is 1.36. The number of aromatic nitrogens is 7. The van der Waals surface area contributed by atoms with Gasteiger partial charge in [0, 0.05) is 30.8 Å². The minimum Gasteiger partial charge on any atom is -0.507 e. The summed E-state index contributed by atoms with van der Waals surface area (Å²) in [6.07, 6.45) is 3.16. The van der Waals surface area contributed by atoms with Gasteiger partial charge < -0.3 is 15.3 Å². The van der Waals surface area contributed by atoms with Gasteiger partial charge in [0.2, 0.25) is 5.95 Å². The fourth-order valence-electron chi connectivity index (χ4n) is 4.31. The Kier molecular flexibility index (Phi) is 4.54. The summed E-state index contributed by atoms with van der Waals surface area (Å²) in [6.45, 7) is 1.73. The van der Waals surface area contributed by atoms with Crippen molar-refractivity contribution in [2.24, 2.45) is 0 Å². The Morgan fingerprint density at radius 3 is 2.80 bits per heavy atom. The number of phenolic OH excluding ortho intramolecular Hbond substituents is 1. The Morgan fingerprint density at radius 2 is 2.10 bits per heavy atom. The van der Waals surface area contributed by atoms with Crippen LogP contribution in [0.5, 0.6) is 5.75 Å². The van der Waals surface area contributed by atoms with Crippen LogP contribution in [0, 0.1) is 6.92 Å². The molecule has 2 aromatic heterocycles. The summed E-state index contributed by atoms with van der Waals surface area (Å²) in [5, 5.41) is 34.0. The highest BCUT2D eigenvalue weighted by Gasteiger charge is 2.44. The molecule has 4 atom stereocenters. The van der Waals surface area contributed by atoms with E-state index in [-0.39, 0.29) is 17.8 Å². The van der Waals surface area contributed by atoms with Crippen molar-refractivity contribution in [3.8, 4) is 22.7 Å². The number of rotatable bonds is 4. The summed E-state index contributed by atoms with van der Waals surface area (Å²) in [6, 6.07) is 4.94. The fourth-order valence-corrected chi connectivity index (χ4v) is 4.31. The van der Waals surface area contributed by atoms with E-state index in [1.807, 2.05) is 0 Å². The third-order valence-electron chi connectivity index (χ3n) is 5.92. The number of hydrogen-bond acceptors (Lipinski definition) is 9. The van der Waals surface area contributed by atoms with Crippen molar-refractivity contribution in [3.05, 3.63) is 30.2 Å². The highest BCUT2D eigenvalue weighted by molar-refractivity contribution is 5.67. The number of aryl methyl sites for hydroxylation is 1. The van der Waals surface area contributed by atoms with Gasteiger partial charge in [-0.1, -0.05) is 0 Å². The van der Waals surface area contributed by atoms with Gasteiger partial charge in [-0.05, 0) is 43.5 Å². The zero-order chi connectivity index (χ0) is 20.8. The van der Waals surface area contributed by atoms with Crippen LogP contribution >= 0.6 is 0 Å². The second-order valence-corrected chi connectivity index (χ2v) is 7.88. The normalized spacial score (nSPS) is 25.4. The summed E-state index contributed by atoms with van der Waals surface area (Å²) in [7, 11) is 1.80. The van der Waals surface area contributed by atoms with Crippen LogP contribution in [0.25, 0.3) is 16.9 Å². The van der Waals surface area contributed by atoms with Crippen LogP contribution in [-0.2, 0) is 0 Å².